The van der Waals surface area contributed by atoms with E-state index in [0.717, 1.165) is 19.2 Å². The topological polar surface area (TPSA) is 35.5 Å². The summed E-state index contributed by atoms with van der Waals surface area (Å²) in [6, 6.07) is 10.1. The van der Waals surface area contributed by atoms with Crippen LogP contribution in [-0.4, -0.2) is 20.2 Å². The predicted molar refractivity (Wildman–Crippen MR) is 74.8 cm³/mol. The van der Waals surface area contributed by atoms with Gasteiger partial charge in [0.15, 0.2) is 0 Å². The van der Waals surface area contributed by atoms with Crippen molar-refractivity contribution in [2.24, 2.45) is 0 Å². The Hall–Kier alpha value is -2.50. The Bertz CT molecular complexity index is 676. The summed E-state index contributed by atoms with van der Waals surface area (Å²) >= 11 is 0. The lowest BCUT2D eigenvalue weighted by Gasteiger charge is -2.13. The number of rotatable bonds is 3. The zero-order valence-corrected chi connectivity index (χ0v) is 11.9. The molecule has 0 heterocycles. The molecule has 0 saturated heterocycles. The Morgan fingerprint density at radius 3 is 2.05 bits per heavy atom. The summed E-state index contributed by atoms with van der Waals surface area (Å²) in [4.78, 5) is 11.5. The summed E-state index contributed by atoms with van der Waals surface area (Å²) in [6.45, 7) is 0. The number of esters is 1. The predicted octanol–water partition coefficient (Wildman–Crippen LogP) is 4.17. The Morgan fingerprint density at radius 2 is 1.55 bits per heavy atom. The third-order valence-corrected chi connectivity index (χ3v) is 3.15. The van der Waals surface area contributed by atoms with Crippen LogP contribution in [0.25, 0.3) is 11.1 Å². The van der Waals surface area contributed by atoms with Crippen LogP contribution in [0, 0.1) is 0 Å². The molecule has 2 rings (SSSR count). The highest BCUT2D eigenvalue weighted by atomic mass is 19.4. The average molecular weight is 310 g/mol. The van der Waals surface area contributed by atoms with Gasteiger partial charge in [-0.25, -0.2) is 4.79 Å². The average Bonchev–Trinajstić information content (AvgIpc) is 2.53. The maximum atomic E-state index is 13.1. The molecule has 2 aromatic carbocycles. The van der Waals surface area contributed by atoms with Crippen molar-refractivity contribution in [2.45, 2.75) is 6.18 Å². The highest BCUT2D eigenvalue weighted by Crippen LogP contribution is 2.35. The van der Waals surface area contributed by atoms with Gasteiger partial charge in [-0.15, -0.1) is 0 Å². The molecule has 0 N–H and O–H groups in total. The van der Waals surface area contributed by atoms with Crippen LogP contribution in [0.4, 0.5) is 13.2 Å². The minimum Gasteiger partial charge on any atom is -0.497 e. The summed E-state index contributed by atoms with van der Waals surface area (Å²) < 4.78 is 48.8. The van der Waals surface area contributed by atoms with Crippen LogP contribution in [-0.2, 0) is 10.9 Å². The Kier molecular flexibility index (Phi) is 4.40. The largest absolute Gasteiger partial charge is 0.497 e. The van der Waals surface area contributed by atoms with Gasteiger partial charge in [-0.1, -0.05) is 18.2 Å². The minimum absolute atomic E-state index is 0.350. The van der Waals surface area contributed by atoms with Crippen LogP contribution in [0.2, 0.25) is 0 Å². The minimum atomic E-state index is -4.65. The van der Waals surface area contributed by atoms with Crippen LogP contribution in [0.15, 0.2) is 42.5 Å². The fourth-order valence-corrected chi connectivity index (χ4v) is 2.03. The Morgan fingerprint density at radius 1 is 0.955 bits per heavy atom. The number of ether oxygens (including phenoxy) is 2. The second kappa shape index (κ2) is 6.09. The number of methoxy groups -OCH3 is 2. The van der Waals surface area contributed by atoms with E-state index in [1.54, 1.807) is 24.3 Å². The molecule has 0 aliphatic carbocycles. The molecule has 0 spiro atoms. The van der Waals surface area contributed by atoms with Gasteiger partial charge in [0.25, 0.3) is 0 Å². The zero-order chi connectivity index (χ0) is 16.3. The number of benzene rings is 2. The first-order valence-electron chi connectivity index (χ1n) is 6.31. The Balaban J connectivity index is 2.52. The van der Waals surface area contributed by atoms with E-state index < -0.39 is 23.3 Å². The zero-order valence-electron chi connectivity index (χ0n) is 11.9. The fraction of sp³-hybridized carbons (Fsp3) is 0.188. The molecule has 0 aliphatic rings. The molecular weight excluding hydrogens is 297 g/mol. The molecule has 116 valence electrons. The molecule has 0 fully saturated rings. The van der Waals surface area contributed by atoms with Gasteiger partial charge in [0.1, 0.15) is 5.75 Å². The SMILES string of the molecule is COC(=O)c1ccc(-c2ccc(OC)cc2)cc1C(F)(F)F. The van der Waals surface area contributed by atoms with Crippen molar-refractivity contribution in [1.82, 2.24) is 0 Å². The normalized spacial score (nSPS) is 11.1. The van der Waals surface area contributed by atoms with Crippen LogP contribution in [0.1, 0.15) is 15.9 Å². The molecule has 0 atom stereocenters. The number of hydrogen-bond donors (Lipinski definition) is 0. The number of hydrogen-bond acceptors (Lipinski definition) is 3. The summed E-state index contributed by atoms with van der Waals surface area (Å²) in [5, 5.41) is 0. The fourth-order valence-electron chi connectivity index (χ4n) is 2.03. The van der Waals surface area contributed by atoms with Crippen molar-refractivity contribution in [2.75, 3.05) is 14.2 Å². The van der Waals surface area contributed by atoms with Crippen LogP contribution < -0.4 is 4.74 Å². The molecule has 0 amide bonds. The molecular formula is C16H13F3O3. The van der Waals surface area contributed by atoms with Crippen molar-refractivity contribution in [3.63, 3.8) is 0 Å². The van der Waals surface area contributed by atoms with Gasteiger partial charge >= 0.3 is 12.1 Å². The molecule has 6 heteroatoms. The highest BCUT2D eigenvalue weighted by molar-refractivity contribution is 5.92. The third-order valence-electron chi connectivity index (χ3n) is 3.15. The monoisotopic (exact) mass is 310 g/mol. The van der Waals surface area contributed by atoms with Crippen LogP contribution in [0.3, 0.4) is 0 Å². The van der Waals surface area contributed by atoms with E-state index in [-0.39, 0.29) is 0 Å². The first-order valence-corrected chi connectivity index (χ1v) is 6.31. The van der Waals surface area contributed by atoms with E-state index in [4.69, 9.17) is 4.74 Å². The number of alkyl halides is 3. The second-order valence-electron chi connectivity index (χ2n) is 4.48. The molecule has 2 aromatic rings. The second-order valence-corrected chi connectivity index (χ2v) is 4.48. The molecule has 0 aliphatic heterocycles. The molecule has 0 bridgehead atoms. The maximum absolute atomic E-state index is 13.1. The van der Waals surface area contributed by atoms with Crippen molar-refractivity contribution in [1.29, 1.82) is 0 Å². The van der Waals surface area contributed by atoms with Gasteiger partial charge in [0.05, 0.1) is 25.3 Å². The van der Waals surface area contributed by atoms with E-state index in [2.05, 4.69) is 4.74 Å². The number of carbonyl (C=O) groups excluding carboxylic acids is 1. The first kappa shape index (κ1) is 15.9. The molecule has 0 unspecified atom stereocenters. The van der Waals surface area contributed by atoms with Gasteiger partial charge < -0.3 is 9.47 Å². The van der Waals surface area contributed by atoms with E-state index in [1.165, 1.54) is 13.2 Å². The van der Waals surface area contributed by atoms with E-state index in [9.17, 15) is 18.0 Å². The van der Waals surface area contributed by atoms with Gasteiger partial charge in [-0.05, 0) is 35.4 Å². The summed E-state index contributed by atoms with van der Waals surface area (Å²) in [7, 11) is 2.54. The quantitative estimate of drug-likeness (QED) is 0.798. The molecule has 0 radical (unpaired) electrons. The summed E-state index contributed by atoms with van der Waals surface area (Å²) in [6.07, 6.45) is -4.65. The van der Waals surface area contributed by atoms with E-state index in [1.807, 2.05) is 0 Å². The van der Waals surface area contributed by atoms with E-state index in [0.29, 0.717) is 16.9 Å². The molecule has 0 saturated carbocycles. The van der Waals surface area contributed by atoms with Gasteiger partial charge in [0.2, 0.25) is 0 Å². The smallest absolute Gasteiger partial charge is 0.417 e. The first-order chi connectivity index (χ1) is 10.4. The van der Waals surface area contributed by atoms with Crippen molar-refractivity contribution in [3.05, 3.63) is 53.6 Å². The molecule has 22 heavy (non-hydrogen) atoms. The van der Waals surface area contributed by atoms with Crippen LogP contribution >= 0.6 is 0 Å². The summed E-state index contributed by atoms with van der Waals surface area (Å²) in [5.41, 5.74) is -0.592. The van der Waals surface area contributed by atoms with Gasteiger partial charge in [-0.3, -0.25) is 0 Å². The standard InChI is InChI=1S/C16H13F3O3/c1-21-12-6-3-10(4-7-12)11-5-8-13(15(20)22-2)14(9-11)16(17,18)19/h3-9H,1-2H3. The molecule has 3 nitrogen and oxygen atoms in total. The lowest BCUT2D eigenvalue weighted by atomic mass is 9.98. The molecule has 0 aromatic heterocycles. The lowest BCUT2D eigenvalue weighted by Crippen LogP contribution is -2.14. The van der Waals surface area contributed by atoms with Gasteiger partial charge in [0, 0.05) is 0 Å². The van der Waals surface area contributed by atoms with E-state index >= 15 is 0 Å². The maximum Gasteiger partial charge on any atom is 0.417 e. The van der Waals surface area contributed by atoms with Crippen molar-refractivity contribution in [3.8, 4) is 16.9 Å². The van der Waals surface area contributed by atoms with Crippen LogP contribution in [0.5, 0.6) is 5.75 Å². The highest BCUT2D eigenvalue weighted by Gasteiger charge is 2.35. The third kappa shape index (κ3) is 3.21. The van der Waals surface area contributed by atoms with Gasteiger partial charge in [-0.2, -0.15) is 13.2 Å². The number of halogens is 3. The summed E-state index contributed by atoms with van der Waals surface area (Å²) in [5.74, 6) is -0.417. The Labute approximate surface area is 125 Å². The lowest BCUT2D eigenvalue weighted by molar-refractivity contribution is -0.138. The van der Waals surface area contributed by atoms with Crippen molar-refractivity contribution < 1.29 is 27.4 Å². The van der Waals surface area contributed by atoms with Crippen molar-refractivity contribution >= 4 is 5.97 Å². The number of carbonyl (C=O) groups is 1.